The van der Waals surface area contributed by atoms with Gasteiger partial charge in [0.15, 0.2) is 0 Å². The van der Waals surface area contributed by atoms with E-state index >= 15 is 0 Å². The number of carbonyl (C=O) groups excluding carboxylic acids is 2. The molecule has 1 aliphatic rings. The summed E-state index contributed by atoms with van der Waals surface area (Å²) in [5.74, 6) is -1.01. The van der Waals surface area contributed by atoms with Crippen LogP contribution in [0.3, 0.4) is 0 Å². The Hall–Kier alpha value is -2.11. The van der Waals surface area contributed by atoms with Gasteiger partial charge in [0.2, 0.25) is 11.8 Å². The summed E-state index contributed by atoms with van der Waals surface area (Å²) in [5, 5.41) is 4.09. The smallest absolute Gasteiger partial charge is 0.245 e. The molecule has 0 bridgehead atoms. The van der Waals surface area contributed by atoms with E-state index in [0.717, 1.165) is 5.56 Å². The Morgan fingerprint density at radius 3 is 2.78 bits per heavy atom. The average molecular weight is 248 g/mol. The third-order valence-electron chi connectivity index (χ3n) is 3.32. The molecule has 1 aliphatic heterocycles. The maximum atomic E-state index is 11.6. The van der Waals surface area contributed by atoms with E-state index in [2.05, 4.69) is 11.7 Å². The lowest BCUT2D eigenvalue weighted by molar-refractivity contribution is -0.125. The van der Waals surface area contributed by atoms with E-state index in [4.69, 9.17) is 5.73 Å². The monoisotopic (exact) mass is 248 g/mol. The highest BCUT2D eigenvalue weighted by Crippen LogP contribution is 2.32. The van der Waals surface area contributed by atoms with Gasteiger partial charge in [-0.05, 0) is 11.6 Å². The first-order valence-corrected chi connectivity index (χ1v) is 5.72. The fourth-order valence-corrected chi connectivity index (χ4v) is 2.37. The molecule has 0 aromatic carbocycles. The normalized spacial score (nSPS) is 23.1. The van der Waals surface area contributed by atoms with Crippen LogP contribution in [0.1, 0.15) is 11.5 Å². The summed E-state index contributed by atoms with van der Waals surface area (Å²) in [5.41, 5.74) is 6.34. The molecule has 6 nitrogen and oxygen atoms in total. The second-order valence-corrected chi connectivity index (χ2v) is 4.51. The Bertz CT molecular complexity index is 494. The van der Waals surface area contributed by atoms with Crippen molar-refractivity contribution in [2.24, 2.45) is 18.7 Å². The highest BCUT2D eigenvalue weighted by molar-refractivity contribution is 5.88. The van der Waals surface area contributed by atoms with E-state index in [9.17, 15) is 9.59 Å². The number of hydrogen-bond donors (Lipinski definition) is 1. The lowest BCUT2D eigenvalue weighted by Crippen LogP contribution is -2.31. The van der Waals surface area contributed by atoms with E-state index in [1.807, 2.05) is 13.2 Å². The van der Waals surface area contributed by atoms with Crippen LogP contribution in [0.2, 0.25) is 0 Å². The quantitative estimate of drug-likeness (QED) is 0.741. The summed E-state index contributed by atoms with van der Waals surface area (Å²) < 4.78 is 1.67. The molecule has 0 unspecified atom stereocenters. The van der Waals surface area contributed by atoms with Gasteiger partial charge in [-0.25, -0.2) is 0 Å². The van der Waals surface area contributed by atoms with Crippen LogP contribution in [-0.4, -0.2) is 39.6 Å². The van der Waals surface area contributed by atoms with Gasteiger partial charge in [-0.3, -0.25) is 14.3 Å². The standard InChI is InChI=1S/C12H16N4O2/c1-3-11(17)16-6-9(10(7-16)12(13)18)8-4-14-15(2)5-8/h3-5,9-10H,1,6-7H2,2H3,(H2,13,18)/t9-,10+/m1/s1. The van der Waals surface area contributed by atoms with Crippen molar-refractivity contribution in [3.63, 3.8) is 0 Å². The lowest BCUT2D eigenvalue weighted by Gasteiger charge is -2.13. The molecule has 0 radical (unpaired) electrons. The molecule has 0 aliphatic carbocycles. The van der Waals surface area contributed by atoms with Crippen LogP contribution in [0, 0.1) is 5.92 Å². The molecule has 6 heteroatoms. The highest BCUT2D eigenvalue weighted by Gasteiger charge is 2.39. The molecule has 0 spiro atoms. The zero-order chi connectivity index (χ0) is 13.3. The van der Waals surface area contributed by atoms with Crippen molar-refractivity contribution >= 4 is 11.8 Å². The predicted octanol–water partition coefficient (Wildman–Crippen LogP) is -0.367. The van der Waals surface area contributed by atoms with Gasteiger partial charge in [0.05, 0.1) is 12.1 Å². The number of nitrogens with two attached hydrogens (primary N) is 1. The summed E-state index contributed by atoms with van der Waals surface area (Å²) >= 11 is 0. The first-order chi connectivity index (χ1) is 8.52. The van der Waals surface area contributed by atoms with Crippen LogP contribution in [0.5, 0.6) is 0 Å². The summed E-state index contributed by atoms with van der Waals surface area (Å²) in [4.78, 5) is 24.7. The van der Waals surface area contributed by atoms with Gasteiger partial charge in [-0.1, -0.05) is 6.58 Å². The molecule has 2 heterocycles. The minimum Gasteiger partial charge on any atom is -0.369 e. The summed E-state index contributed by atoms with van der Waals surface area (Å²) in [6, 6.07) is 0. The fourth-order valence-electron chi connectivity index (χ4n) is 2.37. The van der Waals surface area contributed by atoms with Gasteiger partial charge in [0.1, 0.15) is 0 Å². The van der Waals surface area contributed by atoms with Crippen LogP contribution in [-0.2, 0) is 16.6 Å². The van der Waals surface area contributed by atoms with Crippen LogP contribution in [0.25, 0.3) is 0 Å². The molecule has 96 valence electrons. The van der Waals surface area contributed by atoms with Crippen molar-refractivity contribution in [1.82, 2.24) is 14.7 Å². The molecule has 2 atom stereocenters. The van der Waals surface area contributed by atoms with E-state index in [0.29, 0.717) is 13.1 Å². The average Bonchev–Trinajstić information content (AvgIpc) is 2.93. The second-order valence-electron chi connectivity index (χ2n) is 4.51. The van der Waals surface area contributed by atoms with Crippen molar-refractivity contribution < 1.29 is 9.59 Å². The van der Waals surface area contributed by atoms with Crippen molar-refractivity contribution in [2.45, 2.75) is 5.92 Å². The number of carbonyl (C=O) groups is 2. The van der Waals surface area contributed by atoms with E-state index in [1.54, 1.807) is 15.8 Å². The Balaban J connectivity index is 2.25. The van der Waals surface area contributed by atoms with Crippen molar-refractivity contribution in [3.05, 3.63) is 30.6 Å². The Morgan fingerprint density at radius 2 is 2.28 bits per heavy atom. The minimum absolute atomic E-state index is 0.0832. The first-order valence-electron chi connectivity index (χ1n) is 5.72. The van der Waals surface area contributed by atoms with E-state index < -0.39 is 0 Å². The highest BCUT2D eigenvalue weighted by atomic mass is 16.2. The van der Waals surface area contributed by atoms with Crippen LogP contribution in [0.4, 0.5) is 0 Å². The number of primary amides is 1. The summed E-state index contributed by atoms with van der Waals surface area (Å²) in [6.07, 6.45) is 4.81. The van der Waals surface area contributed by atoms with E-state index in [-0.39, 0.29) is 23.7 Å². The first kappa shape index (κ1) is 12.3. The molecular formula is C12H16N4O2. The van der Waals surface area contributed by atoms with Crippen molar-refractivity contribution in [1.29, 1.82) is 0 Å². The molecule has 1 fully saturated rings. The van der Waals surface area contributed by atoms with Gasteiger partial charge in [0, 0.05) is 32.3 Å². The Kier molecular flexibility index (Phi) is 3.18. The van der Waals surface area contributed by atoms with Gasteiger partial charge in [-0.2, -0.15) is 5.10 Å². The maximum absolute atomic E-state index is 11.6. The third kappa shape index (κ3) is 2.13. The number of aryl methyl sites for hydroxylation is 1. The lowest BCUT2D eigenvalue weighted by atomic mass is 9.90. The molecule has 2 rings (SSSR count). The molecule has 2 amide bonds. The Labute approximate surface area is 105 Å². The van der Waals surface area contributed by atoms with Crippen molar-refractivity contribution in [3.8, 4) is 0 Å². The zero-order valence-corrected chi connectivity index (χ0v) is 10.2. The number of nitrogens with zero attached hydrogens (tertiary/aromatic N) is 3. The molecule has 18 heavy (non-hydrogen) atoms. The third-order valence-corrected chi connectivity index (χ3v) is 3.32. The predicted molar refractivity (Wildman–Crippen MR) is 65.4 cm³/mol. The van der Waals surface area contributed by atoms with Gasteiger partial charge >= 0.3 is 0 Å². The van der Waals surface area contributed by atoms with E-state index in [1.165, 1.54) is 6.08 Å². The molecule has 1 aromatic heterocycles. The SMILES string of the molecule is C=CC(=O)N1C[C@H](C(N)=O)[C@@H](c2cnn(C)c2)C1. The Morgan fingerprint density at radius 1 is 1.56 bits per heavy atom. The van der Waals surface area contributed by atoms with Gasteiger partial charge in [-0.15, -0.1) is 0 Å². The molecular weight excluding hydrogens is 232 g/mol. The van der Waals surface area contributed by atoms with Gasteiger partial charge in [0.25, 0.3) is 0 Å². The summed E-state index contributed by atoms with van der Waals surface area (Å²) in [7, 11) is 1.81. The second kappa shape index (κ2) is 4.64. The number of amides is 2. The number of likely N-dealkylation sites (tertiary alicyclic amines) is 1. The number of rotatable bonds is 3. The minimum atomic E-state index is -0.386. The largest absolute Gasteiger partial charge is 0.369 e. The van der Waals surface area contributed by atoms with Crippen LogP contribution < -0.4 is 5.73 Å². The maximum Gasteiger partial charge on any atom is 0.245 e. The topological polar surface area (TPSA) is 81.2 Å². The molecule has 0 saturated carbocycles. The number of aromatic nitrogens is 2. The van der Waals surface area contributed by atoms with Crippen LogP contribution in [0.15, 0.2) is 25.0 Å². The molecule has 2 N–H and O–H groups in total. The van der Waals surface area contributed by atoms with Crippen LogP contribution >= 0.6 is 0 Å². The zero-order valence-electron chi connectivity index (χ0n) is 10.2. The molecule has 1 aromatic rings. The van der Waals surface area contributed by atoms with Gasteiger partial charge < -0.3 is 10.6 Å². The molecule has 1 saturated heterocycles. The summed E-state index contributed by atoms with van der Waals surface area (Å²) in [6.45, 7) is 4.28. The van der Waals surface area contributed by atoms with Crippen molar-refractivity contribution in [2.75, 3.05) is 13.1 Å². The fraction of sp³-hybridized carbons (Fsp3) is 0.417. The number of hydrogen-bond acceptors (Lipinski definition) is 3.